The van der Waals surface area contributed by atoms with Gasteiger partial charge in [-0.05, 0) is 31.4 Å². The van der Waals surface area contributed by atoms with E-state index in [0.717, 1.165) is 11.8 Å². The number of nitrogens with one attached hydrogen (secondary N) is 1. The fraction of sp³-hybridized carbons (Fsp3) is 0.486. The van der Waals surface area contributed by atoms with Crippen molar-refractivity contribution in [3.8, 4) is 34.8 Å². The monoisotopic (exact) mass is 866 g/mol. The summed E-state index contributed by atoms with van der Waals surface area (Å²) in [5.41, 5.74) is 2.87. The predicted octanol–water partition coefficient (Wildman–Crippen LogP) is 5.39. The molecular formula is C37H37Cl3N4O12S. The van der Waals surface area contributed by atoms with Gasteiger partial charge in [0.15, 0.2) is 23.0 Å². The molecule has 8 rings (SSSR count). The average Bonchev–Trinajstić information content (AvgIpc) is 3.65. The van der Waals surface area contributed by atoms with Gasteiger partial charge in [0.25, 0.3) is 0 Å². The second-order valence-corrected chi connectivity index (χ2v) is 17.6. The maximum absolute atomic E-state index is 14.4. The van der Waals surface area contributed by atoms with Gasteiger partial charge in [-0.15, -0.1) is 11.8 Å². The number of ether oxygens (including phenoxy) is 7. The number of phenolic OH excluding ortho intramolecular Hbond substituents is 1. The lowest BCUT2D eigenvalue weighted by molar-refractivity contribution is -0.151. The molecule has 2 amide bonds. The number of thioether (sulfide) groups is 1. The molecule has 6 heterocycles. The molecule has 6 aliphatic heterocycles. The standard InChI is InChI=1S/C37H37Cl3N4O12S/c1-6-7-51-35(48)42-19-12-57-33-25-24(32-31(54-14-55-32)16(3)30(25)56-17(4)45)22(11-52-34(19)47)43-21(10-41)20-9-18-8-15(2)29(50-5)28(46)23(18)26(27(33)43)44(20)36(49)53-13-37(38,39)40/h6,8,19-22,26-27,33,46H,1,7,9,11-14H2,2-5H3,(H,42,48)/t19-,20-,21-,22-,26+,27+,33-/m0/s1. The number of carbonyl (C=O) groups excluding carboxylic acids is 4. The average molecular weight is 868 g/mol. The molecule has 0 spiro atoms. The first-order chi connectivity index (χ1) is 27.1. The molecule has 2 saturated heterocycles. The van der Waals surface area contributed by atoms with E-state index in [4.69, 9.17) is 68.0 Å². The van der Waals surface area contributed by atoms with Crippen molar-refractivity contribution >= 4 is 70.7 Å². The minimum Gasteiger partial charge on any atom is -0.504 e. The smallest absolute Gasteiger partial charge is 0.410 e. The number of esters is 2. The number of benzene rings is 2. The Bertz CT molecular complexity index is 2090. The van der Waals surface area contributed by atoms with Crippen LogP contribution in [0.1, 0.15) is 57.6 Å². The number of alkyl carbamates (subject to hydrolysis) is 1. The summed E-state index contributed by atoms with van der Waals surface area (Å²) in [6.45, 7) is 6.92. The summed E-state index contributed by atoms with van der Waals surface area (Å²) in [6.07, 6.45) is -0.386. The first-order valence-electron chi connectivity index (χ1n) is 17.7. The number of methoxy groups -OCH3 is 1. The second kappa shape index (κ2) is 15.7. The number of alkyl halides is 3. The van der Waals surface area contributed by atoms with E-state index in [1.54, 1.807) is 13.8 Å². The van der Waals surface area contributed by atoms with Crippen molar-refractivity contribution in [3.63, 3.8) is 0 Å². The zero-order valence-corrected chi connectivity index (χ0v) is 34.1. The summed E-state index contributed by atoms with van der Waals surface area (Å²) in [5.74, 6) is -0.929. The lowest BCUT2D eigenvalue weighted by Gasteiger charge is -2.61. The van der Waals surface area contributed by atoms with E-state index in [2.05, 4.69) is 18.0 Å². The Balaban J connectivity index is 1.52. The van der Waals surface area contributed by atoms with Crippen LogP contribution in [-0.2, 0) is 30.2 Å². The van der Waals surface area contributed by atoms with Crippen LogP contribution in [0, 0.1) is 25.2 Å². The van der Waals surface area contributed by atoms with E-state index in [1.165, 1.54) is 25.0 Å². The number of aromatic hydroxyl groups is 1. The molecule has 16 nitrogen and oxygen atoms in total. The molecule has 0 aromatic heterocycles. The molecule has 0 saturated carbocycles. The number of amides is 2. The van der Waals surface area contributed by atoms with E-state index >= 15 is 0 Å². The third-order valence-electron chi connectivity index (χ3n) is 10.5. The van der Waals surface area contributed by atoms with Gasteiger partial charge >= 0.3 is 24.1 Å². The molecule has 0 unspecified atom stereocenters. The number of piperazine rings is 1. The van der Waals surface area contributed by atoms with Crippen LogP contribution in [0.15, 0.2) is 18.7 Å². The highest BCUT2D eigenvalue weighted by Gasteiger charge is 2.63. The Morgan fingerprint density at radius 2 is 1.88 bits per heavy atom. The fourth-order valence-electron chi connectivity index (χ4n) is 8.60. The number of aryl methyl sites for hydroxylation is 1. The molecule has 6 aliphatic rings. The number of hydrogen-bond donors (Lipinski definition) is 2. The van der Waals surface area contributed by atoms with E-state index in [9.17, 15) is 29.5 Å². The van der Waals surface area contributed by atoms with Crippen LogP contribution in [0.25, 0.3) is 0 Å². The normalized spacial score (nSPS) is 25.8. The molecule has 0 aliphatic carbocycles. The minimum atomic E-state index is -1.98. The van der Waals surface area contributed by atoms with E-state index < -0.39 is 82.6 Å². The van der Waals surface area contributed by atoms with Gasteiger partial charge in [-0.3, -0.25) is 14.6 Å². The molecule has 0 radical (unpaired) electrons. The van der Waals surface area contributed by atoms with Crippen molar-refractivity contribution in [2.45, 2.75) is 72.5 Å². The molecule has 57 heavy (non-hydrogen) atoms. The van der Waals surface area contributed by atoms with Gasteiger partial charge in [0.1, 0.15) is 37.7 Å². The van der Waals surface area contributed by atoms with Crippen molar-refractivity contribution in [2.75, 3.05) is 39.5 Å². The molecule has 2 fully saturated rings. The highest BCUT2D eigenvalue weighted by atomic mass is 35.6. The van der Waals surface area contributed by atoms with Gasteiger partial charge in [0, 0.05) is 34.9 Å². The van der Waals surface area contributed by atoms with Crippen molar-refractivity contribution in [1.82, 2.24) is 15.1 Å². The summed E-state index contributed by atoms with van der Waals surface area (Å²) in [7, 11) is 1.40. The molecule has 20 heteroatoms. The Morgan fingerprint density at radius 3 is 2.54 bits per heavy atom. The molecule has 304 valence electrons. The van der Waals surface area contributed by atoms with Crippen LogP contribution in [0.2, 0.25) is 0 Å². The van der Waals surface area contributed by atoms with E-state index in [1.807, 2.05) is 11.0 Å². The molecule has 2 aromatic carbocycles. The third kappa shape index (κ3) is 7.09. The summed E-state index contributed by atoms with van der Waals surface area (Å²) in [5, 5.41) is 24.9. The van der Waals surface area contributed by atoms with Crippen LogP contribution in [0.5, 0.6) is 28.7 Å². The topological polar surface area (TPSA) is 195 Å². The summed E-state index contributed by atoms with van der Waals surface area (Å²) >= 11 is 19.2. The summed E-state index contributed by atoms with van der Waals surface area (Å²) < 4.78 is 38.3. The van der Waals surface area contributed by atoms with E-state index in [0.29, 0.717) is 44.9 Å². The van der Waals surface area contributed by atoms with Gasteiger partial charge in [-0.2, -0.15) is 5.26 Å². The third-order valence-corrected chi connectivity index (χ3v) is 12.3. The largest absolute Gasteiger partial charge is 0.504 e. The first-order valence-corrected chi connectivity index (χ1v) is 19.8. The molecule has 4 bridgehead atoms. The van der Waals surface area contributed by atoms with Crippen molar-refractivity contribution < 1.29 is 57.4 Å². The Kier molecular flexibility index (Phi) is 11.2. The fourth-order valence-corrected chi connectivity index (χ4v) is 10.3. The SMILES string of the molecule is C=CCOC(=O)N[C@H]1CS[C@H]2c3c(OC(C)=O)c(C)c4c(c3[C@H](COC1=O)N1[C@@H]2[C@H]2c3c(cc(C)c(OC)c3O)C[C@@H]([C@@H]1C#N)N2C(=O)OCC(Cl)(Cl)Cl)OCO4. The number of rotatable bonds is 6. The highest BCUT2D eigenvalue weighted by molar-refractivity contribution is 7.99. The first kappa shape index (κ1) is 40.7. The number of phenols is 1. The van der Waals surface area contributed by atoms with Crippen LogP contribution in [-0.4, -0.2) is 106 Å². The lowest BCUT2D eigenvalue weighted by Crippen LogP contribution is -2.71. The van der Waals surface area contributed by atoms with Crippen molar-refractivity contribution in [1.29, 1.82) is 5.26 Å². The Hall–Kier alpha value is -4.47. The lowest BCUT2D eigenvalue weighted by atomic mass is 9.71. The van der Waals surface area contributed by atoms with Crippen molar-refractivity contribution in [2.24, 2.45) is 0 Å². The number of hydrogen-bond acceptors (Lipinski definition) is 15. The number of carbonyl (C=O) groups is 4. The Labute approximate surface area is 346 Å². The number of halogens is 3. The molecular weight excluding hydrogens is 831 g/mol. The highest BCUT2D eigenvalue weighted by Crippen LogP contribution is 2.64. The summed E-state index contributed by atoms with van der Waals surface area (Å²) in [6, 6.07) is -2.16. The van der Waals surface area contributed by atoms with Crippen LogP contribution in [0.4, 0.5) is 9.59 Å². The van der Waals surface area contributed by atoms with Crippen molar-refractivity contribution in [3.05, 3.63) is 52.1 Å². The quantitative estimate of drug-likeness (QED) is 0.123. The van der Waals surface area contributed by atoms with Gasteiger partial charge in [-0.1, -0.05) is 53.5 Å². The zero-order chi connectivity index (χ0) is 41.1. The molecule has 7 atom stereocenters. The molecule has 2 aromatic rings. The zero-order valence-electron chi connectivity index (χ0n) is 31.0. The maximum Gasteiger partial charge on any atom is 0.410 e. The van der Waals surface area contributed by atoms with Gasteiger partial charge in [0.05, 0.1) is 42.6 Å². The molecule has 2 N–H and O–H groups in total. The second-order valence-electron chi connectivity index (χ2n) is 13.9. The Morgan fingerprint density at radius 1 is 1.14 bits per heavy atom. The van der Waals surface area contributed by atoms with E-state index in [-0.39, 0.29) is 42.8 Å². The summed E-state index contributed by atoms with van der Waals surface area (Å²) in [4.78, 5) is 57.1. The van der Waals surface area contributed by atoms with Gasteiger partial charge in [0.2, 0.25) is 10.6 Å². The maximum atomic E-state index is 14.4. The van der Waals surface area contributed by atoms with Crippen LogP contribution < -0.4 is 24.3 Å². The van der Waals surface area contributed by atoms with Gasteiger partial charge in [-0.25, -0.2) is 14.4 Å². The number of nitrogens with zero attached hydrogens (tertiary/aromatic N) is 3. The minimum absolute atomic E-state index is 0.0782. The van der Waals surface area contributed by atoms with Crippen LogP contribution >= 0.6 is 46.6 Å². The number of fused-ring (bicyclic) bond motifs is 10. The van der Waals surface area contributed by atoms with Gasteiger partial charge < -0.3 is 43.6 Å². The van der Waals surface area contributed by atoms with Crippen LogP contribution in [0.3, 0.4) is 0 Å². The number of nitriles is 1. The predicted molar refractivity (Wildman–Crippen MR) is 204 cm³/mol.